The van der Waals surface area contributed by atoms with Gasteiger partial charge in [0.1, 0.15) is 11.2 Å². The summed E-state index contributed by atoms with van der Waals surface area (Å²) in [4.78, 5) is 10.4. The second-order valence-corrected chi connectivity index (χ2v) is 5.31. The Labute approximate surface area is 111 Å². The predicted molar refractivity (Wildman–Crippen MR) is 66.6 cm³/mol. The molecule has 5 nitrogen and oxygen atoms in total. The normalized spacial score (nSPS) is 10.9. The van der Waals surface area contributed by atoms with Crippen molar-refractivity contribution in [3.8, 4) is 0 Å². The lowest BCUT2D eigenvalue weighted by molar-refractivity contribution is -0.856. The molecule has 0 aliphatic rings. The number of hydrogen-bond acceptors (Lipinski definition) is 4. The molecule has 0 unspecified atom stereocenters. The molecule has 0 saturated heterocycles. The molecule has 0 fully saturated rings. The van der Waals surface area contributed by atoms with E-state index < -0.39 is 10.1 Å². The number of rotatable bonds is 5. The Kier molecular flexibility index (Phi) is 3.91. The molecule has 0 aliphatic carbocycles. The van der Waals surface area contributed by atoms with Gasteiger partial charge < -0.3 is 4.79 Å². The number of aromatic nitrogens is 1. The molecule has 0 atom stereocenters. The Morgan fingerprint density at radius 1 is 1.05 bits per heavy atom. The van der Waals surface area contributed by atoms with E-state index in [1.807, 2.05) is 0 Å². The van der Waals surface area contributed by atoms with E-state index in [2.05, 4.69) is 0 Å². The minimum Gasteiger partial charge on any atom is -0.303 e. The highest BCUT2D eigenvalue weighted by Gasteiger charge is 2.21. The minimum absolute atomic E-state index is 0.0403. The van der Waals surface area contributed by atoms with Gasteiger partial charge in [0.2, 0.25) is 12.4 Å². The quantitative estimate of drug-likeness (QED) is 0.591. The average molecular weight is 278 g/mol. The first-order valence-corrected chi connectivity index (χ1v) is 6.96. The van der Waals surface area contributed by atoms with E-state index in [0.717, 1.165) is 16.6 Å². The fourth-order valence-electron chi connectivity index (χ4n) is 1.48. The lowest BCUT2D eigenvalue weighted by Gasteiger charge is -2.01. The third-order valence-corrected chi connectivity index (χ3v) is 3.62. The van der Waals surface area contributed by atoms with Crippen molar-refractivity contribution in [2.24, 2.45) is 0 Å². The van der Waals surface area contributed by atoms with E-state index in [4.69, 9.17) is 4.28 Å². The summed E-state index contributed by atoms with van der Waals surface area (Å²) >= 11 is 0. The summed E-state index contributed by atoms with van der Waals surface area (Å²) < 4.78 is 29.9. The van der Waals surface area contributed by atoms with Crippen LogP contribution in [0.2, 0.25) is 0 Å². The number of carbonyl (C=O) groups is 1. The molecule has 0 aliphatic heterocycles. The fourth-order valence-corrected chi connectivity index (χ4v) is 2.36. The fraction of sp³-hybridized carbons (Fsp3) is 0.0769. The van der Waals surface area contributed by atoms with Crippen LogP contribution in [-0.2, 0) is 21.3 Å². The molecule has 98 valence electrons. The van der Waals surface area contributed by atoms with Crippen molar-refractivity contribution in [3.05, 3.63) is 60.4 Å². The van der Waals surface area contributed by atoms with Crippen LogP contribution in [0.1, 0.15) is 5.56 Å². The number of pyridine rings is 1. The third-order valence-electron chi connectivity index (χ3n) is 2.40. The van der Waals surface area contributed by atoms with Crippen molar-refractivity contribution in [1.29, 1.82) is 0 Å². The van der Waals surface area contributed by atoms with E-state index in [9.17, 15) is 13.2 Å². The van der Waals surface area contributed by atoms with Crippen LogP contribution in [0.4, 0.5) is 0 Å². The summed E-state index contributed by atoms with van der Waals surface area (Å²) in [5, 5.41) is 0. The highest BCUT2D eigenvalue weighted by molar-refractivity contribution is 7.86. The maximum Gasteiger partial charge on any atom is 0.396 e. The first kappa shape index (κ1) is 13.2. The molecule has 1 aromatic carbocycles. The molecule has 0 saturated carbocycles. The lowest BCUT2D eigenvalue weighted by atomic mass is 10.2. The zero-order valence-electron chi connectivity index (χ0n) is 9.97. The molecule has 0 amide bonds. The van der Waals surface area contributed by atoms with Crippen molar-refractivity contribution in [3.63, 3.8) is 0 Å². The van der Waals surface area contributed by atoms with Gasteiger partial charge in [-0.05, 0) is 17.7 Å². The third kappa shape index (κ3) is 3.38. The standard InChI is InChI=1S/C13H12NO4S/c15-11-8-12-4-6-13(7-5-12)19(16,17)18-14-9-2-1-3-10-14/h1-7,9-11H,8H2/q+1. The summed E-state index contributed by atoms with van der Waals surface area (Å²) in [5.74, 6) is 0. The summed E-state index contributed by atoms with van der Waals surface area (Å²) in [6.45, 7) is 0. The molecule has 0 N–H and O–H groups in total. The first-order valence-electron chi connectivity index (χ1n) is 5.56. The highest BCUT2D eigenvalue weighted by Crippen LogP contribution is 2.10. The maximum atomic E-state index is 12.0. The van der Waals surface area contributed by atoms with Crippen LogP contribution in [-0.4, -0.2) is 14.7 Å². The Bertz CT molecular complexity index is 651. The van der Waals surface area contributed by atoms with Crippen molar-refractivity contribution < 1.29 is 22.2 Å². The first-order chi connectivity index (χ1) is 9.12. The van der Waals surface area contributed by atoms with Crippen molar-refractivity contribution in [1.82, 2.24) is 0 Å². The van der Waals surface area contributed by atoms with Crippen LogP contribution < -0.4 is 9.01 Å². The molecule has 0 radical (unpaired) electrons. The monoisotopic (exact) mass is 278 g/mol. The van der Waals surface area contributed by atoms with E-state index >= 15 is 0 Å². The Hall–Kier alpha value is -2.21. The second-order valence-electron chi connectivity index (χ2n) is 3.78. The Morgan fingerprint density at radius 2 is 1.68 bits per heavy atom. The van der Waals surface area contributed by atoms with Crippen LogP contribution in [0.15, 0.2) is 59.8 Å². The van der Waals surface area contributed by atoms with E-state index in [1.165, 1.54) is 24.5 Å². The second kappa shape index (κ2) is 5.62. The van der Waals surface area contributed by atoms with E-state index in [1.54, 1.807) is 30.3 Å². The molecule has 0 bridgehead atoms. The molecule has 0 spiro atoms. The van der Waals surface area contributed by atoms with Crippen LogP contribution in [0, 0.1) is 0 Å². The van der Waals surface area contributed by atoms with Gasteiger partial charge in [0, 0.05) is 23.3 Å². The maximum absolute atomic E-state index is 12.0. The van der Waals surface area contributed by atoms with Gasteiger partial charge in [0.15, 0.2) is 0 Å². The van der Waals surface area contributed by atoms with Gasteiger partial charge in [0.25, 0.3) is 0 Å². The smallest absolute Gasteiger partial charge is 0.303 e. The van der Waals surface area contributed by atoms with Crippen LogP contribution in [0.25, 0.3) is 0 Å². The summed E-state index contributed by atoms with van der Waals surface area (Å²) in [5.41, 5.74) is 0.751. The zero-order chi connectivity index (χ0) is 13.7. The predicted octanol–water partition coefficient (Wildman–Crippen LogP) is 0.533. The molecule has 1 heterocycles. The summed E-state index contributed by atoms with van der Waals surface area (Å²) in [6, 6.07) is 11.1. The van der Waals surface area contributed by atoms with Crippen molar-refractivity contribution in [2.45, 2.75) is 11.3 Å². The molecule has 1 aromatic heterocycles. The molecular formula is C13H12NO4S+. The Balaban J connectivity index is 2.22. The van der Waals surface area contributed by atoms with Gasteiger partial charge in [-0.3, -0.25) is 0 Å². The van der Waals surface area contributed by atoms with E-state index in [-0.39, 0.29) is 11.3 Å². The van der Waals surface area contributed by atoms with Gasteiger partial charge in [-0.15, -0.1) is 4.28 Å². The van der Waals surface area contributed by atoms with Gasteiger partial charge in [-0.1, -0.05) is 18.2 Å². The van der Waals surface area contributed by atoms with Gasteiger partial charge in [0.05, 0.1) is 0 Å². The SMILES string of the molecule is O=CCc1ccc(S(=O)(=O)O[n+]2ccccc2)cc1. The minimum atomic E-state index is -3.87. The molecule has 2 aromatic rings. The van der Waals surface area contributed by atoms with Crippen molar-refractivity contribution in [2.75, 3.05) is 0 Å². The topological polar surface area (TPSA) is 64.3 Å². The number of hydrogen-bond donors (Lipinski definition) is 0. The largest absolute Gasteiger partial charge is 0.396 e. The van der Waals surface area contributed by atoms with Crippen LogP contribution in [0.5, 0.6) is 0 Å². The number of carbonyl (C=O) groups excluding carboxylic acids is 1. The van der Waals surface area contributed by atoms with E-state index in [0.29, 0.717) is 0 Å². The molecule has 2 rings (SSSR count). The zero-order valence-corrected chi connectivity index (χ0v) is 10.8. The highest BCUT2D eigenvalue weighted by atomic mass is 32.2. The van der Waals surface area contributed by atoms with Crippen LogP contribution >= 0.6 is 0 Å². The van der Waals surface area contributed by atoms with Gasteiger partial charge in [-0.2, -0.15) is 8.42 Å². The molecule has 6 heteroatoms. The van der Waals surface area contributed by atoms with Crippen LogP contribution in [0.3, 0.4) is 0 Å². The molecular weight excluding hydrogens is 266 g/mol. The molecule has 19 heavy (non-hydrogen) atoms. The number of aldehydes is 1. The van der Waals surface area contributed by atoms with Gasteiger partial charge in [-0.25, -0.2) is 0 Å². The Morgan fingerprint density at radius 3 is 2.26 bits per heavy atom. The van der Waals surface area contributed by atoms with Gasteiger partial charge >= 0.3 is 10.1 Å². The number of benzene rings is 1. The summed E-state index contributed by atoms with van der Waals surface area (Å²) in [7, 11) is -3.87. The summed E-state index contributed by atoms with van der Waals surface area (Å²) in [6.07, 6.45) is 3.99. The van der Waals surface area contributed by atoms with Crippen molar-refractivity contribution >= 4 is 16.4 Å². The number of nitrogens with zero attached hydrogens (tertiary/aromatic N) is 1. The average Bonchev–Trinajstić information content (AvgIpc) is 2.40. The lowest BCUT2D eigenvalue weighted by Crippen LogP contribution is -2.44.